The van der Waals surface area contributed by atoms with E-state index in [4.69, 9.17) is 17.3 Å². The van der Waals surface area contributed by atoms with Gasteiger partial charge in [-0.3, -0.25) is 0 Å². The number of rotatable bonds is 0. The number of hydrogen-bond donors (Lipinski definition) is 1. The van der Waals surface area contributed by atoms with E-state index < -0.39 is 0 Å². The van der Waals surface area contributed by atoms with Crippen LogP contribution in [-0.4, -0.2) is 6.54 Å². The third-order valence-electron chi connectivity index (χ3n) is 1.49. The number of aryl methyl sites for hydroxylation is 1. The van der Waals surface area contributed by atoms with Crippen molar-refractivity contribution in [2.24, 2.45) is 5.73 Å². The third kappa shape index (κ3) is 2.27. The van der Waals surface area contributed by atoms with Crippen molar-refractivity contribution in [3.63, 3.8) is 0 Å². The van der Waals surface area contributed by atoms with E-state index in [2.05, 4.69) is 11.8 Å². The van der Waals surface area contributed by atoms with E-state index in [-0.39, 0.29) is 0 Å². The largest absolute Gasteiger partial charge is 0.320 e. The molecular formula is C10H10ClN. The van der Waals surface area contributed by atoms with Gasteiger partial charge in [-0.15, -0.1) is 0 Å². The molecule has 1 aromatic carbocycles. The molecule has 62 valence electrons. The van der Waals surface area contributed by atoms with Crippen LogP contribution in [0.15, 0.2) is 18.2 Å². The zero-order chi connectivity index (χ0) is 8.97. The van der Waals surface area contributed by atoms with Gasteiger partial charge in [0.1, 0.15) is 0 Å². The lowest BCUT2D eigenvalue weighted by Gasteiger charge is -1.96. The molecule has 0 saturated heterocycles. The van der Waals surface area contributed by atoms with Crippen molar-refractivity contribution in [3.05, 3.63) is 34.3 Å². The maximum Gasteiger partial charge on any atom is 0.0555 e. The molecule has 0 unspecified atom stereocenters. The molecule has 0 atom stereocenters. The van der Waals surface area contributed by atoms with Crippen LogP contribution in [0, 0.1) is 18.8 Å². The predicted octanol–water partition coefficient (Wildman–Crippen LogP) is 1.96. The Morgan fingerprint density at radius 1 is 1.50 bits per heavy atom. The Balaban J connectivity index is 2.97. The average molecular weight is 180 g/mol. The SMILES string of the molecule is Cc1cc(C#CCN)ccc1Cl. The van der Waals surface area contributed by atoms with Crippen molar-refractivity contribution >= 4 is 11.6 Å². The molecule has 2 N–H and O–H groups in total. The van der Waals surface area contributed by atoms with Gasteiger partial charge in [0.05, 0.1) is 6.54 Å². The highest BCUT2D eigenvalue weighted by molar-refractivity contribution is 6.31. The predicted molar refractivity (Wildman–Crippen MR) is 52.1 cm³/mol. The second-order valence-corrected chi connectivity index (χ2v) is 2.88. The lowest BCUT2D eigenvalue weighted by molar-refractivity contribution is 1.30. The Bertz CT molecular complexity index is 333. The van der Waals surface area contributed by atoms with Gasteiger partial charge in [0.15, 0.2) is 0 Å². The number of benzene rings is 1. The fourth-order valence-corrected chi connectivity index (χ4v) is 0.993. The molecule has 0 aliphatic rings. The van der Waals surface area contributed by atoms with E-state index in [1.165, 1.54) is 0 Å². The van der Waals surface area contributed by atoms with Crippen LogP contribution in [0.5, 0.6) is 0 Å². The smallest absolute Gasteiger partial charge is 0.0555 e. The first-order valence-corrected chi connectivity index (χ1v) is 4.07. The molecule has 2 heteroatoms. The summed E-state index contributed by atoms with van der Waals surface area (Å²) in [7, 11) is 0. The Kier molecular flexibility index (Phi) is 3.16. The van der Waals surface area contributed by atoms with Gasteiger partial charge in [-0.1, -0.05) is 23.4 Å². The lowest BCUT2D eigenvalue weighted by atomic mass is 10.1. The fourth-order valence-electron chi connectivity index (χ4n) is 0.876. The van der Waals surface area contributed by atoms with E-state index in [9.17, 15) is 0 Å². The molecule has 0 spiro atoms. The summed E-state index contributed by atoms with van der Waals surface area (Å²) < 4.78 is 0. The minimum atomic E-state index is 0.391. The monoisotopic (exact) mass is 179 g/mol. The lowest BCUT2D eigenvalue weighted by Crippen LogP contribution is -1.93. The minimum Gasteiger partial charge on any atom is -0.320 e. The topological polar surface area (TPSA) is 26.0 Å². The summed E-state index contributed by atoms with van der Waals surface area (Å²) in [6.45, 7) is 2.34. The highest BCUT2D eigenvalue weighted by atomic mass is 35.5. The molecule has 0 aliphatic carbocycles. The summed E-state index contributed by atoms with van der Waals surface area (Å²) in [5.41, 5.74) is 7.25. The van der Waals surface area contributed by atoms with Crippen LogP contribution >= 0.6 is 11.6 Å². The average Bonchev–Trinajstić information content (AvgIpc) is 2.07. The number of nitrogens with two attached hydrogens (primary N) is 1. The molecule has 0 radical (unpaired) electrons. The van der Waals surface area contributed by atoms with Gasteiger partial charge in [-0.05, 0) is 30.7 Å². The maximum absolute atomic E-state index is 5.84. The van der Waals surface area contributed by atoms with Crippen LogP contribution in [-0.2, 0) is 0 Å². The van der Waals surface area contributed by atoms with Crippen molar-refractivity contribution in [1.82, 2.24) is 0 Å². The summed E-state index contributed by atoms with van der Waals surface area (Å²) in [5.74, 6) is 5.72. The maximum atomic E-state index is 5.84. The van der Waals surface area contributed by atoms with Crippen molar-refractivity contribution in [2.75, 3.05) is 6.54 Å². The van der Waals surface area contributed by atoms with Crippen molar-refractivity contribution in [1.29, 1.82) is 0 Å². The van der Waals surface area contributed by atoms with Crippen molar-refractivity contribution in [2.45, 2.75) is 6.92 Å². The van der Waals surface area contributed by atoms with Gasteiger partial charge in [-0.25, -0.2) is 0 Å². The zero-order valence-electron chi connectivity index (χ0n) is 6.89. The first-order chi connectivity index (χ1) is 5.74. The van der Waals surface area contributed by atoms with E-state index in [0.29, 0.717) is 6.54 Å². The molecule has 0 saturated carbocycles. The second kappa shape index (κ2) is 4.15. The normalized spacial score (nSPS) is 8.92. The molecule has 0 aliphatic heterocycles. The van der Waals surface area contributed by atoms with Crippen molar-refractivity contribution in [3.8, 4) is 11.8 Å². The van der Waals surface area contributed by atoms with Gasteiger partial charge in [0, 0.05) is 10.6 Å². The molecule has 1 rings (SSSR count). The third-order valence-corrected chi connectivity index (χ3v) is 1.92. The van der Waals surface area contributed by atoms with Gasteiger partial charge in [0.2, 0.25) is 0 Å². The first-order valence-electron chi connectivity index (χ1n) is 3.69. The van der Waals surface area contributed by atoms with Gasteiger partial charge < -0.3 is 5.73 Å². The summed E-state index contributed by atoms with van der Waals surface area (Å²) in [4.78, 5) is 0. The van der Waals surface area contributed by atoms with Crippen LogP contribution in [0.1, 0.15) is 11.1 Å². The molecule has 1 nitrogen and oxygen atoms in total. The van der Waals surface area contributed by atoms with E-state index in [1.807, 2.05) is 25.1 Å². The first kappa shape index (κ1) is 9.12. The van der Waals surface area contributed by atoms with Gasteiger partial charge in [-0.2, -0.15) is 0 Å². The second-order valence-electron chi connectivity index (χ2n) is 2.47. The van der Waals surface area contributed by atoms with Crippen LogP contribution in [0.2, 0.25) is 5.02 Å². The Morgan fingerprint density at radius 2 is 2.25 bits per heavy atom. The Hall–Kier alpha value is -0.970. The molecule has 12 heavy (non-hydrogen) atoms. The number of hydrogen-bond acceptors (Lipinski definition) is 1. The Labute approximate surface area is 77.5 Å². The summed E-state index contributed by atoms with van der Waals surface area (Å²) in [6.07, 6.45) is 0. The summed E-state index contributed by atoms with van der Waals surface area (Å²) in [5, 5.41) is 0.772. The highest BCUT2D eigenvalue weighted by Crippen LogP contribution is 2.15. The van der Waals surface area contributed by atoms with E-state index in [0.717, 1.165) is 16.1 Å². The molecule has 0 aromatic heterocycles. The summed E-state index contributed by atoms with van der Waals surface area (Å²) in [6, 6.07) is 5.68. The summed E-state index contributed by atoms with van der Waals surface area (Å²) >= 11 is 5.84. The standard InChI is InChI=1S/C10H10ClN/c1-8-7-9(3-2-6-12)4-5-10(8)11/h4-5,7H,6,12H2,1H3. The molecule has 0 bridgehead atoms. The fraction of sp³-hybridized carbons (Fsp3) is 0.200. The zero-order valence-corrected chi connectivity index (χ0v) is 7.65. The van der Waals surface area contributed by atoms with Crippen molar-refractivity contribution < 1.29 is 0 Å². The minimum absolute atomic E-state index is 0.391. The Morgan fingerprint density at radius 3 is 2.83 bits per heavy atom. The quantitative estimate of drug-likeness (QED) is 0.606. The van der Waals surface area contributed by atoms with Crippen LogP contribution in [0.4, 0.5) is 0 Å². The van der Waals surface area contributed by atoms with Crippen LogP contribution < -0.4 is 5.73 Å². The molecule has 0 amide bonds. The number of halogens is 1. The van der Waals surface area contributed by atoms with Gasteiger partial charge >= 0.3 is 0 Å². The van der Waals surface area contributed by atoms with Gasteiger partial charge in [0.25, 0.3) is 0 Å². The molecular weight excluding hydrogens is 170 g/mol. The van der Waals surface area contributed by atoms with E-state index >= 15 is 0 Å². The van der Waals surface area contributed by atoms with E-state index in [1.54, 1.807) is 0 Å². The highest BCUT2D eigenvalue weighted by Gasteiger charge is 1.93. The molecule has 0 fully saturated rings. The van der Waals surface area contributed by atoms with Crippen LogP contribution in [0.25, 0.3) is 0 Å². The molecule has 1 aromatic rings. The molecule has 0 heterocycles. The van der Waals surface area contributed by atoms with Crippen LogP contribution in [0.3, 0.4) is 0 Å².